The van der Waals surface area contributed by atoms with Crippen molar-refractivity contribution in [1.29, 1.82) is 0 Å². The number of nitrogens with one attached hydrogen (secondary N) is 1. The number of hydrogen-bond donors (Lipinski definition) is 4. The van der Waals surface area contributed by atoms with Crippen LogP contribution in [0.15, 0.2) is 28.0 Å². The molecule has 4 heteroatoms. The monoisotopic (exact) mass is 201 g/mol. The molecule has 0 aliphatic heterocycles. The summed E-state index contributed by atoms with van der Waals surface area (Å²) in [7, 11) is 0. The highest BCUT2D eigenvalue weighted by Crippen LogP contribution is 2.22. The Morgan fingerprint density at radius 2 is 2.08 bits per heavy atom. The minimum atomic E-state index is 0.121. The molecule has 1 aromatic carbocycles. The Kier molecular flexibility index (Phi) is 3.78. The van der Waals surface area contributed by atoms with Gasteiger partial charge in [-0.05, 0) is 18.2 Å². The van der Waals surface area contributed by atoms with E-state index in [2.05, 4.69) is 30.6 Å². The summed E-state index contributed by atoms with van der Waals surface area (Å²) < 4.78 is 0. The van der Waals surface area contributed by atoms with Gasteiger partial charge >= 0.3 is 0 Å². The van der Waals surface area contributed by atoms with E-state index in [0.717, 1.165) is 15.5 Å². The maximum Gasteiger partial charge on any atom is 0.0604 e. The summed E-state index contributed by atoms with van der Waals surface area (Å²) >= 11 is 8.41. The van der Waals surface area contributed by atoms with E-state index >= 15 is 0 Å². The minimum absolute atomic E-state index is 0.121. The van der Waals surface area contributed by atoms with Gasteiger partial charge in [0, 0.05) is 22.0 Å². The molecule has 0 spiro atoms. The summed E-state index contributed by atoms with van der Waals surface area (Å²) in [5, 5.41) is 11.6. The largest absolute Gasteiger partial charge is 0.395 e. The Morgan fingerprint density at radius 3 is 2.67 bits per heavy atom. The van der Waals surface area contributed by atoms with Gasteiger partial charge in [-0.3, -0.25) is 0 Å². The summed E-state index contributed by atoms with van der Waals surface area (Å²) in [4.78, 5) is 1.73. The molecule has 0 heterocycles. The molecular formula is C8H11NOS2. The average molecular weight is 201 g/mol. The first-order chi connectivity index (χ1) is 5.74. The highest BCUT2D eigenvalue weighted by Gasteiger charge is 1.96. The van der Waals surface area contributed by atoms with Gasteiger partial charge in [0.15, 0.2) is 0 Å². The normalized spacial score (nSPS) is 9.92. The van der Waals surface area contributed by atoms with Crippen molar-refractivity contribution in [1.82, 2.24) is 0 Å². The van der Waals surface area contributed by atoms with Gasteiger partial charge in [-0.2, -0.15) is 0 Å². The van der Waals surface area contributed by atoms with Crippen molar-refractivity contribution < 1.29 is 5.11 Å². The van der Waals surface area contributed by atoms with Crippen LogP contribution < -0.4 is 5.32 Å². The number of aliphatic hydroxyl groups is 1. The molecule has 0 saturated carbocycles. The second-order valence-corrected chi connectivity index (χ2v) is 3.35. The van der Waals surface area contributed by atoms with Gasteiger partial charge in [0.25, 0.3) is 0 Å². The fraction of sp³-hybridized carbons (Fsp3) is 0.250. The lowest BCUT2D eigenvalue weighted by Gasteiger charge is -2.07. The summed E-state index contributed by atoms with van der Waals surface area (Å²) in [5.41, 5.74) is 0.921. The predicted molar refractivity (Wildman–Crippen MR) is 56.5 cm³/mol. The van der Waals surface area contributed by atoms with Crippen LogP contribution >= 0.6 is 25.3 Å². The third-order valence-electron chi connectivity index (χ3n) is 1.41. The van der Waals surface area contributed by atoms with Crippen LogP contribution in [0.25, 0.3) is 0 Å². The van der Waals surface area contributed by atoms with Gasteiger partial charge in [0.2, 0.25) is 0 Å². The van der Waals surface area contributed by atoms with Crippen molar-refractivity contribution >= 4 is 30.9 Å². The molecule has 0 unspecified atom stereocenters. The topological polar surface area (TPSA) is 32.3 Å². The van der Waals surface area contributed by atoms with Gasteiger partial charge in [-0.25, -0.2) is 0 Å². The highest BCUT2D eigenvalue weighted by molar-refractivity contribution is 7.81. The zero-order valence-corrected chi connectivity index (χ0v) is 8.28. The summed E-state index contributed by atoms with van der Waals surface area (Å²) in [5.74, 6) is 0. The van der Waals surface area contributed by atoms with Crippen molar-refractivity contribution in [3.8, 4) is 0 Å². The van der Waals surface area contributed by atoms with Gasteiger partial charge in [-0.1, -0.05) is 0 Å². The second-order valence-electron chi connectivity index (χ2n) is 2.35. The Hall–Kier alpha value is -0.320. The smallest absolute Gasteiger partial charge is 0.0604 e. The van der Waals surface area contributed by atoms with Crippen LogP contribution in [0.1, 0.15) is 0 Å². The predicted octanol–water partition coefficient (Wildman–Crippen LogP) is 1.67. The molecule has 1 aromatic rings. The van der Waals surface area contributed by atoms with E-state index in [0.29, 0.717) is 6.54 Å². The van der Waals surface area contributed by atoms with Gasteiger partial charge in [0.1, 0.15) is 0 Å². The standard InChI is InChI=1S/C8H11NOS2/c10-4-3-9-7-2-1-6(11)5-8(7)12/h1-2,5,9-12H,3-4H2. The number of thiol groups is 2. The molecule has 0 atom stereocenters. The Labute approximate surface area is 82.8 Å². The maximum atomic E-state index is 8.57. The van der Waals surface area contributed by atoms with Crippen LogP contribution in [0.5, 0.6) is 0 Å². The zero-order valence-electron chi connectivity index (χ0n) is 6.49. The molecule has 66 valence electrons. The first-order valence-electron chi connectivity index (χ1n) is 3.61. The SMILES string of the molecule is OCCNc1ccc(S)cc1S. The van der Waals surface area contributed by atoms with Crippen molar-refractivity contribution in [2.45, 2.75) is 9.79 Å². The zero-order chi connectivity index (χ0) is 8.97. The molecule has 0 bridgehead atoms. The molecule has 2 nitrogen and oxygen atoms in total. The van der Waals surface area contributed by atoms with Crippen molar-refractivity contribution in [3.63, 3.8) is 0 Å². The lowest BCUT2D eigenvalue weighted by molar-refractivity contribution is 0.311. The van der Waals surface area contributed by atoms with E-state index in [-0.39, 0.29) is 6.61 Å². The van der Waals surface area contributed by atoms with Crippen molar-refractivity contribution in [2.75, 3.05) is 18.5 Å². The highest BCUT2D eigenvalue weighted by atomic mass is 32.1. The van der Waals surface area contributed by atoms with Crippen LogP contribution in [-0.4, -0.2) is 18.3 Å². The molecule has 1 rings (SSSR count). The van der Waals surface area contributed by atoms with Gasteiger partial charge in [0.05, 0.1) is 6.61 Å². The fourth-order valence-electron chi connectivity index (χ4n) is 0.860. The Morgan fingerprint density at radius 1 is 1.33 bits per heavy atom. The molecule has 2 N–H and O–H groups in total. The van der Waals surface area contributed by atoms with Gasteiger partial charge < -0.3 is 10.4 Å². The first-order valence-corrected chi connectivity index (χ1v) is 4.50. The quantitative estimate of drug-likeness (QED) is 0.561. The third kappa shape index (κ3) is 2.62. The van der Waals surface area contributed by atoms with E-state index in [1.165, 1.54) is 0 Å². The van der Waals surface area contributed by atoms with Gasteiger partial charge in [-0.15, -0.1) is 25.3 Å². The Balaban J connectivity index is 2.72. The summed E-state index contributed by atoms with van der Waals surface area (Å²) in [6.07, 6.45) is 0. The molecule has 0 radical (unpaired) electrons. The van der Waals surface area contributed by atoms with Crippen molar-refractivity contribution in [3.05, 3.63) is 18.2 Å². The number of rotatable bonds is 3. The average Bonchev–Trinajstić information content (AvgIpc) is 2.03. The number of benzene rings is 1. The van der Waals surface area contributed by atoms with E-state index in [1.54, 1.807) is 0 Å². The van der Waals surface area contributed by atoms with Crippen LogP contribution in [0.4, 0.5) is 5.69 Å². The van der Waals surface area contributed by atoms with Crippen LogP contribution in [0, 0.1) is 0 Å². The molecule has 0 fully saturated rings. The second kappa shape index (κ2) is 4.64. The molecular weight excluding hydrogens is 190 g/mol. The molecule has 0 saturated heterocycles. The van der Waals surface area contributed by atoms with E-state index in [4.69, 9.17) is 5.11 Å². The van der Waals surface area contributed by atoms with Crippen LogP contribution in [0.2, 0.25) is 0 Å². The minimum Gasteiger partial charge on any atom is -0.395 e. The number of aliphatic hydroxyl groups excluding tert-OH is 1. The fourth-order valence-corrected chi connectivity index (χ4v) is 1.46. The third-order valence-corrected chi connectivity index (χ3v) is 2.06. The summed E-state index contributed by atoms with van der Waals surface area (Å²) in [6, 6.07) is 5.62. The number of hydrogen-bond acceptors (Lipinski definition) is 4. The Bertz CT molecular complexity index is 265. The lowest BCUT2D eigenvalue weighted by Crippen LogP contribution is -2.05. The lowest BCUT2D eigenvalue weighted by atomic mass is 10.3. The van der Waals surface area contributed by atoms with E-state index < -0.39 is 0 Å². The maximum absolute atomic E-state index is 8.57. The van der Waals surface area contributed by atoms with E-state index in [9.17, 15) is 0 Å². The number of anilines is 1. The molecule has 0 aromatic heterocycles. The molecule has 12 heavy (non-hydrogen) atoms. The first kappa shape index (κ1) is 9.77. The van der Waals surface area contributed by atoms with Crippen LogP contribution in [-0.2, 0) is 0 Å². The molecule has 0 aliphatic carbocycles. The molecule has 0 aliphatic rings. The van der Waals surface area contributed by atoms with Crippen LogP contribution in [0.3, 0.4) is 0 Å². The van der Waals surface area contributed by atoms with E-state index in [1.807, 2.05) is 18.2 Å². The molecule has 0 amide bonds. The summed E-state index contributed by atoms with van der Waals surface area (Å²) in [6.45, 7) is 0.662. The van der Waals surface area contributed by atoms with Crippen molar-refractivity contribution in [2.24, 2.45) is 0 Å².